The summed E-state index contributed by atoms with van der Waals surface area (Å²) in [6.07, 6.45) is 18.6. The largest absolute Gasteiger partial charge is 0.493 e. The summed E-state index contributed by atoms with van der Waals surface area (Å²) in [7, 11) is 0. The minimum Gasteiger partial charge on any atom is -0.493 e. The van der Waals surface area contributed by atoms with Gasteiger partial charge in [0.1, 0.15) is 11.5 Å². The smallest absolute Gasteiger partial charge is 0.127 e. The normalized spacial score (nSPS) is 13.2. The Hall–Kier alpha value is -3.26. The fourth-order valence-electron chi connectivity index (χ4n) is 6.46. The zero-order chi connectivity index (χ0) is 35.1. The van der Waals surface area contributed by atoms with Crippen molar-refractivity contribution in [1.82, 2.24) is 0 Å². The third kappa shape index (κ3) is 14.9. The van der Waals surface area contributed by atoms with Crippen LogP contribution in [0.15, 0.2) is 48.5 Å². The summed E-state index contributed by atoms with van der Waals surface area (Å²) in [5, 5.41) is 0. The Morgan fingerprint density at radius 3 is 1.12 bits per heavy atom. The van der Waals surface area contributed by atoms with Gasteiger partial charge in [-0.2, -0.15) is 0 Å². The third-order valence-corrected chi connectivity index (χ3v) is 9.23. The highest BCUT2D eigenvalue weighted by atomic mass is 16.5. The highest BCUT2D eigenvalue weighted by Crippen LogP contribution is 2.33. The van der Waals surface area contributed by atoms with Gasteiger partial charge in [-0.05, 0) is 87.5 Å². The average molecular weight is 651 g/mol. The zero-order valence-corrected chi connectivity index (χ0v) is 32.1. The van der Waals surface area contributed by atoms with E-state index in [0.717, 1.165) is 47.3 Å². The molecule has 0 fully saturated rings. The molecular weight excluding hydrogens is 585 g/mol. The molecule has 0 heterocycles. The maximum atomic E-state index is 6.62. The summed E-state index contributed by atoms with van der Waals surface area (Å²) >= 11 is 0. The number of hydrogen-bond donors (Lipinski definition) is 0. The van der Waals surface area contributed by atoms with Gasteiger partial charge in [-0.3, -0.25) is 0 Å². The summed E-state index contributed by atoms with van der Waals surface area (Å²) < 4.78 is 13.2. The van der Waals surface area contributed by atoms with E-state index >= 15 is 0 Å². The molecule has 0 saturated heterocycles. The van der Waals surface area contributed by atoms with Crippen molar-refractivity contribution in [3.8, 4) is 11.5 Å². The van der Waals surface area contributed by atoms with Gasteiger partial charge in [0.25, 0.3) is 0 Å². The van der Waals surface area contributed by atoms with Crippen molar-refractivity contribution >= 4 is 24.3 Å². The maximum absolute atomic E-state index is 6.62. The van der Waals surface area contributed by atoms with E-state index in [0.29, 0.717) is 25.0 Å². The number of aryl methyl sites for hydroxylation is 4. The topological polar surface area (TPSA) is 18.5 Å². The lowest BCUT2D eigenvalue weighted by Gasteiger charge is -2.18. The molecule has 0 aliphatic carbocycles. The van der Waals surface area contributed by atoms with Gasteiger partial charge in [0.15, 0.2) is 0 Å². The summed E-state index contributed by atoms with van der Waals surface area (Å²) in [4.78, 5) is 0. The van der Waals surface area contributed by atoms with E-state index < -0.39 is 0 Å². The second-order valence-corrected chi connectivity index (χ2v) is 15.6. The SMILES string of the molecule is Cc1cc(C)cc(/C=C/c2cc(OCCC(C)CCCC(C)C)c(/C=C/c3cc(C)cc(C)c3)cc2OCCC(C)CCCC(C)C)c1. The van der Waals surface area contributed by atoms with Crippen LogP contribution in [0.3, 0.4) is 0 Å². The predicted octanol–water partition coefficient (Wildman–Crippen LogP) is 13.7. The van der Waals surface area contributed by atoms with Crippen LogP contribution in [0.25, 0.3) is 24.3 Å². The van der Waals surface area contributed by atoms with E-state index in [2.05, 4.69) is 142 Å². The van der Waals surface area contributed by atoms with Crippen molar-refractivity contribution in [2.24, 2.45) is 23.7 Å². The maximum Gasteiger partial charge on any atom is 0.127 e. The molecule has 0 aliphatic heterocycles. The Morgan fingerprint density at radius 1 is 0.438 bits per heavy atom. The van der Waals surface area contributed by atoms with Crippen LogP contribution in [0.4, 0.5) is 0 Å². The van der Waals surface area contributed by atoms with Gasteiger partial charge in [-0.15, -0.1) is 0 Å². The quantitative estimate of drug-likeness (QED) is 0.113. The van der Waals surface area contributed by atoms with Crippen LogP contribution < -0.4 is 9.47 Å². The predicted molar refractivity (Wildman–Crippen MR) is 212 cm³/mol. The van der Waals surface area contributed by atoms with Crippen molar-refractivity contribution in [2.45, 2.75) is 121 Å². The summed E-state index contributed by atoms with van der Waals surface area (Å²) in [6, 6.07) is 17.8. The van der Waals surface area contributed by atoms with Crippen LogP contribution >= 0.6 is 0 Å². The summed E-state index contributed by atoms with van der Waals surface area (Å²) in [6.45, 7) is 24.0. The number of benzene rings is 3. The monoisotopic (exact) mass is 651 g/mol. The van der Waals surface area contributed by atoms with Crippen molar-refractivity contribution in [3.63, 3.8) is 0 Å². The molecule has 0 radical (unpaired) electrons. The molecule has 48 heavy (non-hydrogen) atoms. The lowest BCUT2D eigenvalue weighted by Crippen LogP contribution is -2.07. The van der Waals surface area contributed by atoms with Crippen LogP contribution in [0.1, 0.15) is 137 Å². The van der Waals surface area contributed by atoms with E-state index in [4.69, 9.17) is 9.47 Å². The van der Waals surface area contributed by atoms with E-state index in [1.165, 1.54) is 71.9 Å². The van der Waals surface area contributed by atoms with Crippen LogP contribution in [0, 0.1) is 51.4 Å². The molecular formula is C46H66O2. The number of hydrogen-bond acceptors (Lipinski definition) is 2. The first-order valence-corrected chi connectivity index (χ1v) is 18.8. The standard InChI is InChI=1S/C46H66O2/c1-33(2)13-11-15-35(5)21-23-47-45-31-44(20-18-42-29-39(9)26-40(10)30-42)46(48-24-22-36(6)16-12-14-34(3)4)32-43(45)19-17-41-27-37(7)25-38(8)28-41/h17-20,25-36H,11-16,21-24H2,1-10H3/b19-17+,20-18+. The van der Waals surface area contributed by atoms with Gasteiger partial charge in [0.05, 0.1) is 13.2 Å². The Labute approximate surface area is 295 Å². The third-order valence-electron chi connectivity index (χ3n) is 9.23. The minimum atomic E-state index is 0.645. The Kier molecular flexibility index (Phi) is 16.6. The molecule has 262 valence electrons. The van der Waals surface area contributed by atoms with Crippen molar-refractivity contribution < 1.29 is 9.47 Å². The first kappa shape index (κ1) is 39.2. The van der Waals surface area contributed by atoms with E-state index in [-0.39, 0.29) is 0 Å². The van der Waals surface area contributed by atoms with Crippen LogP contribution in [-0.4, -0.2) is 13.2 Å². The Bertz CT molecular complexity index is 1310. The highest BCUT2D eigenvalue weighted by Gasteiger charge is 2.13. The zero-order valence-electron chi connectivity index (χ0n) is 32.1. The molecule has 2 nitrogen and oxygen atoms in total. The molecule has 3 aromatic rings. The molecule has 0 N–H and O–H groups in total. The van der Waals surface area contributed by atoms with Gasteiger partial charge in [0.2, 0.25) is 0 Å². The van der Waals surface area contributed by atoms with Crippen LogP contribution in [0.5, 0.6) is 11.5 Å². The molecule has 2 atom stereocenters. The lowest BCUT2D eigenvalue weighted by molar-refractivity contribution is 0.268. The molecule has 0 spiro atoms. The first-order valence-electron chi connectivity index (χ1n) is 18.8. The van der Waals surface area contributed by atoms with Crippen molar-refractivity contribution in [1.29, 1.82) is 0 Å². The van der Waals surface area contributed by atoms with Gasteiger partial charge < -0.3 is 9.47 Å². The van der Waals surface area contributed by atoms with Gasteiger partial charge >= 0.3 is 0 Å². The highest BCUT2D eigenvalue weighted by molar-refractivity contribution is 5.79. The molecule has 0 bridgehead atoms. The van der Waals surface area contributed by atoms with Crippen LogP contribution in [-0.2, 0) is 0 Å². The Morgan fingerprint density at radius 2 is 0.792 bits per heavy atom. The molecule has 0 aromatic heterocycles. The molecule has 0 amide bonds. The van der Waals surface area contributed by atoms with Gasteiger partial charge in [-0.1, -0.05) is 163 Å². The van der Waals surface area contributed by atoms with Gasteiger partial charge in [-0.25, -0.2) is 0 Å². The average Bonchev–Trinajstić information content (AvgIpc) is 2.98. The fraction of sp³-hybridized carbons (Fsp3) is 0.522. The number of rotatable bonds is 20. The second kappa shape index (κ2) is 20.3. The van der Waals surface area contributed by atoms with E-state index in [1.807, 2.05) is 0 Å². The van der Waals surface area contributed by atoms with E-state index in [1.54, 1.807) is 0 Å². The van der Waals surface area contributed by atoms with Gasteiger partial charge in [0, 0.05) is 11.1 Å². The number of ether oxygens (including phenoxy) is 2. The molecule has 2 unspecified atom stereocenters. The first-order chi connectivity index (χ1) is 22.9. The Balaban J connectivity index is 1.92. The molecule has 0 aliphatic rings. The lowest BCUT2D eigenvalue weighted by atomic mass is 9.97. The van der Waals surface area contributed by atoms with Crippen molar-refractivity contribution in [2.75, 3.05) is 13.2 Å². The van der Waals surface area contributed by atoms with Crippen LogP contribution in [0.2, 0.25) is 0 Å². The summed E-state index contributed by atoms with van der Waals surface area (Å²) in [5.41, 5.74) is 9.62. The summed E-state index contributed by atoms with van der Waals surface area (Å²) in [5.74, 6) is 4.66. The molecule has 2 heteroatoms. The minimum absolute atomic E-state index is 0.645. The molecule has 3 aromatic carbocycles. The fourth-order valence-corrected chi connectivity index (χ4v) is 6.46. The molecule has 0 saturated carbocycles. The van der Waals surface area contributed by atoms with Crippen molar-refractivity contribution in [3.05, 3.63) is 93.0 Å². The molecule has 3 rings (SSSR count). The van der Waals surface area contributed by atoms with E-state index in [9.17, 15) is 0 Å². The second-order valence-electron chi connectivity index (χ2n) is 15.6.